The van der Waals surface area contributed by atoms with Crippen molar-refractivity contribution in [3.05, 3.63) is 35.4 Å². The zero-order valence-corrected chi connectivity index (χ0v) is 12.1. The SMILES string of the molecule is [2H]c1c(C([2H])([2H])S(=O)(=O)N([2H])C)c([2H])c2c(CC([2H])([2H])N(C)C)c([2H])n([2H])c2c1[2H]. The van der Waals surface area contributed by atoms with E-state index in [-0.39, 0.29) is 15.7 Å². The molecule has 0 saturated carbocycles. The molecule has 0 aliphatic rings. The molecule has 2 rings (SSSR count). The molecule has 0 amide bonds. The Bertz CT molecular complexity index is 1110. The van der Waals surface area contributed by atoms with Crippen LogP contribution in [-0.2, 0) is 22.1 Å². The number of aromatic nitrogens is 1. The van der Waals surface area contributed by atoms with Crippen LogP contribution in [0.3, 0.4) is 0 Å². The van der Waals surface area contributed by atoms with Gasteiger partial charge in [0.2, 0.25) is 10.0 Å². The molecule has 0 saturated heterocycles. The van der Waals surface area contributed by atoms with Crippen LogP contribution in [0.5, 0.6) is 0 Å². The summed E-state index contributed by atoms with van der Waals surface area (Å²) in [5.74, 6) is 0. The van der Waals surface area contributed by atoms with Crippen molar-refractivity contribution >= 4 is 20.9 Å². The molecule has 1 aromatic heterocycles. The lowest BCUT2D eigenvalue weighted by atomic mass is 10.1. The maximum atomic E-state index is 12.4. The Labute approximate surface area is 134 Å². The highest BCUT2D eigenvalue weighted by molar-refractivity contribution is 7.88. The summed E-state index contributed by atoms with van der Waals surface area (Å²) in [6.45, 7) is -2.04. The molecule has 0 aliphatic heterocycles. The Hall–Kier alpha value is -1.37. The van der Waals surface area contributed by atoms with Gasteiger partial charge in [-0.25, -0.2) is 13.1 Å². The van der Waals surface area contributed by atoms with Crippen molar-refractivity contribution < 1.29 is 22.2 Å². The maximum Gasteiger partial charge on any atom is 0.215 e. The minimum absolute atomic E-state index is 0.142. The van der Waals surface area contributed by atoms with Gasteiger partial charge in [0.15, 0.2) is 1.41 Å². The van der Waals surface area contributed by atoms with Gasteiger partial charge >= 0.3 is 0 Å². The molecule has 0 atom stereocenters. The fourth-order valence-corrected chi connectivity index (χ4v) is 1.92. The predicted molar refractivity (Wildman–Crippen MR) is 82.2 cm³/mol. The second-order valence-corrected chi connectivity index (χ2v) is 5.68. The number of aryl methyl sites for hydroxylation is 1. The third-order valence-corrected chi connectivity index (χ3v) is 3.38. The first-order chi connectivity index (χ1) is 13.4. The van der Waals surface area contributed by atoms with Gasteiger partial charge in [-0.1, -0.05) is 6.04 Å². The number of H-pyrrole nitrogens is 1. The number of sulfonamides is 1. The minimum atomic E-state index is -5.00. The molecule has 5 nitrogen and oxygen atoms in total. The van der Waals surface area contributed by atoms with E-state index >= 15 is 0 Å². The zero-order valence-electron chi connectivity index (χ0n) is 21.3. The topological polar surface area (TPSA) is 65.2 Å². The van der Waals surface area contributed by atoms with E-state index in [4.69, 9.17) is 13.8 Å². The van der Waals surface area contributed by atoms with Crippen molar-refractivity contribution in [2.75, 3.05) is 27.6 Å². The lowest BCUT2D eigenvalue weighted by molar-refractivity contribution is 0.414. The average molecular weight is 305 g/mol. The van der Waals surface area contributed by atoms with Gasteiger partial charge in [0, 0.05) is 29.1 Å². The highest BCUT2D eigenvalue weighted by atomic mass is 32.2. The molecule has 20 heavy (non-hydrogen) atoms. The maximum absolute atomic E-state index is 12.4. The van der Waals surface area contributed by atoms with Crippen LogP contribution in [0.2, 0.25) is 2.82 Å². The molecule has 2 N–H and O–H groups in total. The molecule has 0 spiro atoms. The van der Waals surface area contributed by atoms with Crippen LogP contribution in [0, 0.1) is 0 Å². The smallest absolute Gasteiger partial charge is 0.215 e. The number of nitrogens with zero attached hydrogens (tertiary/aromatic N) is 1. The molecule has 1 aromatic carbocycles. The number of nitrogens with one attached hydrogen (secondary N) is 2. The van der Waals surface area contributed by atoms with E-state index < -0.39 is 64.0 Å². The van der Waals surface area contributed by atoms with Crippen molar-refractivity contribution in [1.29, 1.82) is 0 Å². The van der Waals surface area contributed by atoms with Gasteiger partial charge in [-0.05, 0) is 50.8 Å². The van der Waals surface area contributed by atoms with E-state index in [1.54, 1.807) is 0 Å². The van der Waals surface area contributed by atoms with Gasteiger partial charge < -0.3 is 9.88 Å². The van der Waals surface area contributed by atoms with Crippen molar-refractivity contribution in [2.45, 2.75) is 12.1 Å². The second-order valence-electron chi connectivity index (χ2n) is 4.16. The highest BCUT2D eigenvalue weighted by Crippen LogP contribution is 2.21. The Morgan fingerprint density at radius 2 is 2.30 bits per heavy atom. The standard InChI is InChI=1S/C14H21N3O2S/c1-15-20(18,19)10-11-4-5-14-13(8-11)12(9-16-14)6-7-17(2)3/h4-5,8-9,15-16H,6-7,10H2,1-3H3/i4D,5D,7D2,8D,9D,10D2/hD2. The summed E-state index contributed by atoms with van der Waals surface area (Å²) in [5, 5.41) is -0.344. The molecule has 2 aromatic rings. The first kappa shape index (κ1) is 6.60. The van der Waals surface area contributed by atoms with Gasteiger partial charge in [0.05, 0.1) is 11.2 Å². The summed E-state index contributed by atoms with van der Waals surface area (Å²) in [6.07, 6.45) is -1.06. The van der Waals surface area contributed by atoms with Crippen LogP contribution in [0.15, 0.2) is 24.3 Å². The summed E-state index contributed by atoms with van der Waals surface area (Å²) in [5.41, 5.74) is -5.01. The van der Waals surface area contributed by atoms with Crippen LogP contribution in [0.4, 0.5) is 0 Å². The van der Waals surface area contributed by atoms with E-state index in [1.165, 1.54) is 19.0 Å². The number of rotatable bonds is 6. The molecule has 0 fully saturated rings. The van der Waals surface area contributed by atoms with Gasteiger partial charge in [0.25, 0.3) is 0 Å². The number of benzene rings is 1. The Balaban J connectivity index is 3.03. The Morgan fingerprint density at radius 3 is 2.95 bits per heavy atom. The number of likely N-dealkylation sites (N-methyl/N-ethyl adjacent to an activating group) is 1. The van der Waals surface area contributed by atoms with Crippen molar-refractivity contribution in [3.63, 3.8) is 0 Å². The monoisotopic (exact) mass is 305 g/mol. The second kappa shape index (κ2) is 5.95. The molecule has 0 bridgehead atoms. The number of hydrogen-bond donors (Lipinski definition) is 2. The number of hydrogen-bond acceptors (Lipinski definition) is 3. The molecule has 1 heterocycles. The van der Waals surface area contributed by atoms with E-state index in [1.807, 2.05) is 0 Å². The summed E-state index contributed by atoms with van der Waals surface area (Å²) >= 11 is 0. The van der Waals surface area contributed by atoms with E-state index in [2.05, 4.69) is 0 Å². The largest absolute Gasteiger partial charge is 0.361 e. The van der Waals surface area contributed by atoms with E-state index in [0.29, 0.717) is 4.98 Å². The fourth-order valence-electron chi connectivity index (χ4n) is 1.47. The summed E-state index contributed by atoms with van der Waals surface area (Å²) in [6, 6.07) is -2.58. The lowest BCUT2D eigenvalue weighted by Gasteiger charge is -2.08. The molecular weight excluding hydrogens is 274 g/mol. The third kappa shape index (κ3) is 3.59. The van der Waals surface area contributed by atoms with Gasteiger partial charge in [-0.15, -0.1) is 0 Å². The molecule has 0 radical (unpaired) electrons. The first-order valence-corrected chi connectivity index (χ1v) is 7.13. The highest BCUT2D eigenvalue weighted by Gasteiger charge is 2.11. The summed E-state index contributed by atoms with van der Waals surface area (Å²) in [4.78, 5) is 1.64. The van der Waals surface area contributed by atoms with Gasteiger partial charge in [-0.2, -0.15) is 0 Å². The van der Waals surface area contributed by atoms with Crippen LogP contribution in [0.25, 0.3) is 10.9 Å². The van der Waals surface area contributed by atoms with Crippen molar-refractivity contribution in [1.82, 2.24) is 14.6 Å². The average Bonchev–Trinajstić information content (AvgIpc) is 2.84. The molecule has 0 unspecified atom stereocenters. The summed E-state index contributed by atoms with van der Waals surface area (Å²) < 4.78 is 105. The van der Waals surface area contributed by atoms with Crippen LogP contribution < -0.4 is 4.72 Å². The Morgan fingerprint density at radius 1 is 1.55 bits per heavy atom. The quantitative estimate of drug-likeness (QED) is 0.846. The number of fused-ring (bicyclic) bond motifs is 1. The van der Waals surface area contributed by atoms with Crippen molar-refractivity contribution in [3.8, 4) is 0 Å². The van der Waals surface area contributed by atoms with Gasteiger partial charge in [0.1, 0.15) is 1.41 Å². The van der Waals surface area contributed by atoms with E-state index in [9.17, 15) is 8.42 Å². The van der Waals surface area contributed by atoms with Crippen LogP contribution >= 0.6 is 0 Å². The first-order valence-electron chi connectivity index (χ1n) is 10.6. The fraction of sp³-hybridized carbons (Fsp3) is 0.429. The third-order valence-electron chi connectivity index (χ3n) is 2.44. The van der Waals surface area contributed by atoms with Crippen LogP contribution in [-0.4, -0.2) is 45.9 Å². The van der Waals surface area contributed by atoms with Gasteiger partial charge in [-0.3, -0.25) is 0 Å². The van der Waals surface area contributed by atoms with Crippen molar-refractivity contribution in [2.24, 2.45) is 0 Å². The molecular formula is C14H21N3O2S. The Kier molecular flexibility index (Phi) is 1.96. The lowest BCUT2D eigenvalue weighted by Crippen LogP contribution is -2.20. The molecule has 6 heteroatoms. The summed E-state index contributed by atoms with van der Waals surface area (Å²) in [7, 11) is -1.37. The van der Waals surface area contributed by atoms with Crippen LogP contribution in [0.1, 0.15) is 22.1 Å². The minimum Gasteiger partial charge on any atom is -0.361 e. The zero-order chi connectivity index (χ0) is 23.6. The molecule has 110 valence electrons. The number of aromatic amines is 1. The molecule has 0 aliphatic carbocycles. The predicted octanol–water partition coefficient (Wildman–Crippen LogP) is 1.32. The van der Waals surface area contributed by atoms with E-state index in [0.717, 1.165) is 7.05 Å². The normalized spacial score (nSPS) is 21.2.